The Labute approximate surface area is 197 Å². The zero-order valence-corrected chi connectivity index (χ0v) is 20.7. The molecule has 0 spiro atoms. The summed E-state index contributed by atoms with van der Waals surface area (Å²) in [6, 6.07) is 10.4. The average Bonchev–Trinajstić information content (AvgIpc) is 3.31. The molecule has 0 radical (unpaired) electrons. The fourth-order valence-corrected chi connectivity index (χ4v) is 5.76. The molecule has 1 aromatic carbocycles. The van der Waals surface area contributed by atoms with Crippen LogP contribution in [-0.2, 0) is 14.6 Å². The van der Waals surface area contributed by atoms with E-state index in [1.165, 1.54) is 5.56 Å². The van der Waals surface area contributed by atoms with Gasteiger partial charge in [-0.05, 0) is 61.6 Å². The van der Waals surface area contributed by atoms with Gasteiger partial charge in [0.05, 0.1) is 17.5 Å². The normalized spacial score (nSPS) is 18.5. The second-order valence-electron chi connectivity index (χ2n) is 8.24. The number of aryl methyl sites for hydroxylation is 1. The Kier molecular flexibility index (Phi) is 5.92. The lowest BCUT2D eigenvalue weighted by molar-refractivity contribution is -0.114. The third-order valence-electron chi connectivity index (χ3n) is 5.93. The van der Waals surface area contributed by atoms with Crippen LogP contribution in [-0.4, -0.2) is 46.2 Å². The van der Waals surface area contributed by atoms with Gasteiger partial charge in [0.2, 0.25) is 20.2 Å². The largest absolute Gasteiger partial charge is 0.318 e. The molecule has 0 saturated carbocycles. The Morgan fingerprint density at radius 3 is 2.48 bits per heavy atom. The van der Waals surface area contributed by atoms with Crippen molar-refractivity contribution in [1.82, 2.24) is 9.47 Å². The maximum atomic E-state index is 12.7. The highest BCUT2D eigenvalue weighted by molar-refractivity contribution is 8.16. The molecule has 172 valence electrons. The van der Waals surface area contributed by atoms with Crippen LogP contribution in [0.2, 0.25) is 0 Å². The molecule has 2 aliphatic rings. The van der Waals surface area contributed by atoms with Crippen LogP contribution in [0.3, 0.4) is 0 Å². The van der Waals surface area contributed by atoms with E-state index in [2.05, 4.69) is 52.1 Å². The van der Waals surface area contributed by atoms with Crippen LogP contribution >= 0.6 is 11.9 Å². The van der Waals surface area contributed by atoms with Crippen LogP contribution in [0.15, 0.2) is 45.3 Å². The molecule has 2 aliphatic heterocycles. The van der Waals surface area contributed by atoms with Crippen LogP contribution in [0.4, 0.5) is 0 Å². The number of benzene rings is 1. The number of nitrogens with zero attached hydrogens (tertiary/aromatic N) is 4. The minimum atomic E-state index is -3.69. The van der Waals surface area contributed by atoms with Crippen molar-refractivity contribution in [3.05, 3.63) is 58.4 Å². The Hall–Kier alpha value is -2.98. The maximum Gasteiger partial charge on any atom is 0.283 e. The van der Waals surface area contributed by atoms with Crippen molar-refractivity contribution < 1.29 is 13.2 Å². The Morgan fingerprint density at radius 2 is 1.88 bits per heavy atom. The van der Waals surface area contributed by atoms with Gasteiger partial charge in [0.25, 0.3) is 5.91 Å². The van der Waals surface area contributed by atoms with Crippen molar-refractivity contribution in [2.45, 2.75) is 40.0 Å². The summed E-state index contributed by atoms with van der Waals surface area (Å²) in [5.74, 6) is -0.350. The lowest BCUT2D eigenvalue weighted by Crippen LogP contribution is -2.45. The number of hydrogen-bond donors (Lipinski definition) is 1. The van der Waals surface area contributed by atoms with E-state index in [4.69, 9.17) is 5.41 Å². The number of carbonyl (C=O) groups excluding carboxylic acids is 1. The zero-order chi connectivity index (χ0) is 24.1. The molecule has 1 amide bonds. The fraction of sp³-hybridized carbons (Fsp3) is 0.304. The minimum absolute atomic E-state index is 0.0185. The molecular formula is C23H25N5O3S2. The van der Waals surface area contributed by atoms with E-state index in [9.17, 15) is 13.2 Å². The maximum absolute atomic E-state index is 12.7. The smallest absolute Gasteiger partial charge is 0.283 e. The summed E-state index contributed by atoms with van der Waals surface area (Å²) in [6.45, 7) is 8.30. The zero-order valence-electron chi connectivity index (χ0n) is 19.1. The Morgan fingerprint density at radius 1 is 1.21 bits per heavy atom. The summed E-state index contributed by atoms with van der Waals surface area (Å²) in [4.78, 5) is 17.7. The molecule has 2 aromatic rings. The molecule has 0 bridgehead atoms. The first-order valence-electron chi connectivity index (χ1n) is 10.5. The van der Waals surface area contributed by atoms with E-state index in [-0.39, 0.29) is 21.7 Å². The first-order valence-corrected chi connectivity index (χ1v) is 13.2. The SMILES string of the molecule is CC[C@@H](C)c1ccc(-n2c(C)cc(/C=C3/C(=N)N4C(=NC3=O)SN=C4S(C)(=O)=O)c2C)cc1. The highest BCUT2D eigenvalue weighted by Gasteiger charge is 2.41. The summed E-state index contributed by atoms with van der Waals surface area (Å²) < 4.78 is 30.1. The predicted octanol–water partition coefficient (Wildman–Crippen LogP) is 4.23. The van der Waals surface area contributed by atoms with E-state index in [0.717, 1.165) is 52.2 Å². The van der Waals surface area contributed by atoms with E-state index in [1.54, 1.807) is 6.08 Å². The van der Waals surface area contributed by atoms with Gasteiger partial charge >= 0.3 is 0 Å². The summed E-state index contributed by atoms with van der Waals surface area (Å²) in [5.41, 5.74) is 4.95. The highest BCUT2D eigenvalue weighted by atomic mass is 32.2. The lowest BCUT2D eigenvalue weighted by atomic mass is 9.98. The van der Waals surface area contributed by atoms with Gasteiger partial charge in [-0.3, -0.25) is 10.2 Å². The highest BCUT2D eigenvalue weighted by Crippen LogP contribution is 2.31. The Bertz CT molecular complexity index is 1370. The average molecular weight is 484 g/mol. The van der Waals surface area contributed by atoms with Crippen molar-refractivity contribution in [3.63, 3.8) is 0 Å². The van der Waals surface area contributed by atoms with Crippen LogP contribution in [0.1, 0.15) is 48.7 Å². The quantitative estimate of drug-likeness (QED) is 0.517. The van der Waals surface area contributed by atoms with Crippen molar-refractivity contribution in [1.29, 1.82) is 5.41 Å². The molecule has 3 heterocycles. The van der Waals surface area contributed by atoms with E-state index >= 15 is 0 Å². The van der Waals surface area contributed by atoms with E-state index in [1.807, 2.05) is 19.9 Å². The molecule has 10 heteroatoms. The van der Waals surface area contributed by atoms with Gasteiger partial charge in [0.15, 0.2) is 0 Å². The van der Waals surface area contributed by atoms with Crippen LogP contribution in [0.25, 0.3) is 11.8 Å². The van der Waals surface area contributed by atoms with Gasteiger partial charge in [0, 0.05) is 23.3 Å². The Balaban J connectivity index is 1.73. The summed E-state index contributed by atoms with van der Waals surface area (Å²) >= 11 is 0.780. The summed E-state index contributed by atoms with van der Waals surface area (Å²) in [6.07, 6.45) is 3.69. The molecule has 0 saturated heterocycles. The van der Waals surface area contributed by atoms with Gasteiger partial charge < -0.3 is 4.57 Å². The van der Waals surface area contributed by atoms with Gasteiger partial charge in [-0.2, -0.15) is 9.39 Å². The summed E-state index contributed by atoms with van der Waals surface area (Å²) in [7, 11) is -3.69. The summed E-state index contributed by atoms with van der Waals surface area (Å²) in [5, 5.41) is 8.32. The third-order valence-corrected chi connectivity index (χ3v) is 7.68. The van der Waals surface area contributed by atoms with E-state index in [0.29, 0.717) is 5.92 Å². The third kappa shape index (κ3) is 4.08. The fourth-order valence-electron chi connectivity index (χ4n) is 3.91. The molecule has 8 nitrogen and oxygen atoms in total. The molecule has 4 rings (SSSR count). The second-order valence-corrected chi connectivity index (χ2v) is 10.9. The van der Waals surface area contributed by atoms with Crippen molar-refractivity contribution in [2.75, 3.05) is 6.26 Å². The molecule has 1 atom stereocenters. The molecule has 0 unspecified atom stereocenters. The van der Waals surface area contributed by atoms with Crippen molar-refractivity contribution in [2.24, 2.45) is 9.39 Å². The predicted molar refractivity (Wildman–Crippen MR) is 134 cm³/mol. The second kappa shape index (κ2) is 8.42. The molecule has 1 aromatic heterocycles. The number of rotatable bonds is 4. The number of aromatic nitrogens is 1. The number of sulfone groups is 1. The van der Waals surface area contributed by atoms with Gasteiger partial charge in [-0.25, -0.2) is 13.3 Å². The number of nitrogens with one attached hydrogen (secondary N) is 1. The van der Waals surface area contributed by atoms with E-state index < -0.39 is 15.7 Å². The number of fused-ring (bicyclic) bond motifs is 1. The molecule has 33 heavy (non-hydrogen) atoms. The lowest BCUT2D eigenvalue weighted by Gasteiger charge is -2.23. The number of amides is 1. The van der Waals surface area contributed by atoms with Gasteiger partial charge in [0.1, 0.15) is 5.84 Å². The first kappa shape index (κ1) is 23.2. The topological polar surface area (TPSA) is 108 Å². The van der Waals surface area contributed by atoms with Crippen molar-refractivity contribution in [3.8, 4) is 5.69 Å². The molecule has 1 N–H and O–H groups in total. The standard InChI is InChI=1S/C23H25N5O3S2/c1-6-13(2)16-7-9-18(10-8-16)27-14(3)11-17(15(27)4)12-19-20(24)28-22(25-21(19)29)32-26-23(28)33(5,30)31/h7-13,24H,6H2,1-5H3/b19-12-,24-20?/t13-/m1/s1. The van der Waals surface area contributed by atoms with Gasteiger partial charge in [-0.1, -0.05) is 26.0 Å². The van der Waals surface area contributed by atoms with Gasteiger partial charge in [-0.15, -0.1) is 0 Å². The number of carbonyl (C=O) groups is 1. The van der Waals surface area contributed by atoms with Crippen molar-refractivity contribution >= 4 is 49.9 Å². The van der Waals surface area contributed by atoms with Crippen LogP contribution in [0, 0.1) is 19.3 Å². The minimum Gasteiger partial charge on any atom is -0.318 e. The van der Waals surface area contributed by atoms with Crippen LogP contribution in [0.5, 0.6) is 0 Å². The van der Waals surface area contributed by atoms with Crippen LogP contribution < -0.4 is 0 Å². The number of amidine groups is 3. The number of aliphatic imine (C=N–C) groups is 1. The molecule has 0 aliphatic carbocycles. The monoisotopic (exact) mass is 483 g/mol. The molecular weight excluding hydrogens is 458 g/mol. The first-order chi connectivity index (χ1) is 15.5. The number of hydrogen-bond acceptors (Lipinski definition) is 6. The molecule has 0 fully saturated rings.